The van der Waals surface area contributed by atoms with E-state index in [-0.39, 0.29) is 28.1 Å². The summed E-state index contributed by atoms with van der Waals surface area (Å²) in [7, 11) is 0. The molecule has 1 radical (unpaired) electrons. The van der Waals surface area contributed by atoms with Gasteiger partial charge in [-0.05, 0) is 42.2 Å². The molecule has 0 fully saturated rings. The first kappa shape index (κ1) is 23.4. The standard InChI is InChI=1S/C19H13ClF9/c1-3-11-8-10(2)9-13(15(11)12-6-4-5-7-14(12)20)16(21,18(24,25)26)17(22,23)19(27,28)29/h4-7,9H,3H2,1-2H3. The molecule has 0 heterocycles. The highest BCUT2D eigenvalue weighted by Crippen LogP contribution is 2.60. The molecule has 0 amide bonds. The lowest BCUT2D eigenvalue weighted by atomic mass is 9.79. The summed E-state index contributed by atoms with van der Waals surface area (Å²) < 4.78 is 123. The number of benzene rings is 2. The predicted molar refractivity (Wildman–Crippen MR) is 89.7 cm³/mol. The number of aryl methyl sites for hydroxylation is 2. The molecule has 2 rings (SSSR count). The first-order valence-electron chi connectivity index (χ1n) is 8.11. The molecule has 1 unspecified atom stereocenters. The zero-order valence-electron chi connectivity index (χ0n) is 14.9. The minimum Gasteiger partial charge on any atom is -0.221 e. The maximum atomic E-state index is 15.2. The number of hydrogen-bond donors (Lipinski definition) is 0. The van der Waals surface area contributed by atoms with Crippen LogP contribution in [-0.4, -0.2) is 18.3 Å². The molecule has 0 saturated heterocycles. The summed E-state index contributed by atoms with van der Waals surface area (Å²) in [5.41, 5.74) is -9.46. The zero-order valence-corrected chi connectivity index (χ0v) is 15.6. The van der Waals surface area contributed by atoms with E-state index in [1.54, 1.807) is 0 Å². The van der Waals surface area contributed by atoms with E-state index in [1.165, 1.54) is 25.1 Å². The summed E-state index contributed by atoms with van der Waals surface area (Å²) in [6.45, 7) is 2.52. The SMILES string of the molecule is CCc1[c]c(C)cc(C(F)(C(F)(F)F)C(F)(F)C(F)(F)F)c1-c1ccccc1Cl. The van der Waals surface area contributed by atoms with Crippen LogP contribution in [0.15, 0.2) is 30.3 Å². The Morgan fingerprint density at radius 1 is 0.897 bits per heavy atom. The van der Waals surface area contributed by atoms with Gasteiger partial charge in [-0.3, -0.25) is 0 Å². The molecule has 0 aliphatic carbocycles. The first-order valence-corrected chi connectivity index (χ1v) is 8.48. The minimum absolute atomic E-state index is 0.124. The van der Waals surface area contributed by atoms with Crippen molar-refractivity contribution in [3.63, 3.8) is 0 Å². The summed E-state index contributed by atoms with van der Waals surface area (Å²) in [5, 5.41) is -0.249. The van der Waals surface area contributed by atoms with Crippen LogP contribution in [0.1, 0.15) is 23.6 Å². The molecule has 0 aliphatic rings. The van der Waals surface area contributed by atoms with E-state index in [4.69, 9.17) is 11.6 Å². The van der Waals surface area contributed by atoms with E-state index >= 15 is 4.39 Å². The van der Waals surface area contributed by atoms with Gasteiger partial charge in [0.1, 0.15) is 0 Å². The van der Waals surface area contributed by atoms with Crippen LogP contribution in [0.25, 0.3) is 11.1 Å². The molecule has 2 aromatic carbocycles. The average Bonchev–Trinajstić information content (AvgIpc) is 2.58. The predicted octanol–water partition coefficient (Wildman–Crippen LogP) is 7.60. The van der Waals surface area contributed by atoms with Gasteiger partial charge in [0.05, 0.1) is 0 Å². The van der Waals surface area contributed by atoms with E-state index in [1.807, 2.05) is 0 Å². The zero-order chi connectivity index (χ0) is 22.4. The van der Waals surface area contributed by atoms with Gasteiger partial charge in [0.25, 0.3) is 0 Å². The Hall–Kier alpha value is -1.90. The Bertz CT molecular complexity index is 900. The summed E-state index contributed by atoms with van der Waals surface area (Å²) in [4.78, 5) is 0. The molecule has 0 spiro atoms. The summed E-state index contributed by atoms with van der Waals surface area (Å²) in [6, 6.07) is 7.82. The van der Waals surface area contributed by atoms with Crippen molar-refractivity contribution in [3.05, 3.63) is 58.1 Å². The number of hydrogen-bond acceptors (Lipinski definition) is 0. The third-order valence-electron chi connectivity index (χ3n) is 4.33. The quantitative estimate of drug-likeness (QED) is 0.423. The largest absolute Gasteiger partial charge is 0.457 e. The van der Waals surface area contributed by atoms with Crippen molar-refractivity contribution in [1.29, 1.82) is 0 Å². The maximum Gasteiger partial charge on any atom is 0.457 e. The molecule has 159 valence electrons. The lowest BCUT2D eigenvalue weighted by molar-refractivity contribution is -0.389. The molecular weight excluding hydrogens is 435 g/mol. The van der Waals surface area contributed by atoms with Crippen LogP contribution >= 0.6 is 11.6 Å². The minimum atomic E-state index is -6.81. The van der Waals surface area contributed by atoms with Gasteiger partial charge in [0.15, 0.2) is 0 Å². The van der Waals surface area contributed by atoms with E-state index in [9.17, 15) is 35.1 Å². The second-order valence-electron chi connectivity index (χ2n) is 6.28. The molecule has 10 heteroatoms. The molecule has 2 aromatic rings. The van der Waals surface area contributed by atoms with Crippen LogP contribution in [0.4, 0.5) is 39.5 Å². The number of rotatable bonds is 4. The molecule has 29 heavy (non-hydrogen) atoms. The van der Waals surface area contributed by atoms with Crippen molar-refractivity contribution in [1.82, 2.24) is 0 Å². The van der Waals surface area contributed by atoms with E-state index in [0.717, 1.165) is 13.0 Å². The number of alkyl halides is 9. The maximum absolute atomic E-state index is 15.2. The third kappa shape index (κ3) is 3.69. The van der Waals surface area contributed by atoms with Crippen LogP contribution in [0.2, 0.25) is 5.02 Å². The van der Waals surface area contributed by atoms with E-state index < -0.39 is 35.1 Å². The van der Waals surface area contributed by atoms with Crippen molar-refractivity contribution in [2.75, 3.05) is 0 Å². The number of halogens is 10. The monoisotopic (exact) mass is 447 g/mol. The van der Waals surface area contributed by atoms with Crippen molar-refractivity contribution >= 4 is 11.6 Å². The fraction of sp³-hybridized carbons (Fsp3) is 0.368. The van der Waals surface area contributed by atoms with Crippen molar-refractivity contribution in [3.8, 4) is 11.1 Å². The highest BCUT2D eigenvalue weighted by molar-refractivity contribution is 6.33. The molecule has 0 saturated carbocycles. The average molecular weight is 448 g/mol. The topological polar surface area (TPSA) is 0 Å². The Balaban J connectivity index is 3.08. The van der Waals surface area contributed by atoms with Crippen molar-refractivity contribution < 1.29 is 39.5 Å². The summed E-state index contributed by atoms with van der Waals surface area (Å²) in [5.74, 6) is -6.77. The second kappa shape index (κ2) is 7.41. The van der Waals surface area contributed by atoms with Crippen molar-refractivity contribution in [2.45, 2.75) is 44.2 Å². The Labute approximate surface area is 165 Å². The normalized spacial score (nSPS) is 15.3. The highest BCUT2D eigenvalue weighted by atomic mass is 35.5. The molecule has 1 atom stereocenters. The molecule has 0 N–H and O–H groups in total. The fourth-order valence-corrected chi connectivity index (χ4v) is 3.22. The van der Waals surface area contributed by atoms with Gasteiger partial charge in [0.2, 0.25) is 0 Å². The molecular formula is C19H13ClF9. The smallest absolute Gasteiger partial charge is 0.221 e. The van der Waals surface area contributed by atoms with Crippen LogP contribution in [-0.2, 0) is 12.1 Å². The molecule has 0 nitrogen and oxygen atoms in total. The van der Waals surface area contributed by atoms with Gasteiger partial charge in [0, 0.05) is 16.1 Å². The highest BCUT2D eigenvalue weighted by Gasteiger charge is 2.82. The lowest BCUT2D eigenvalue weighted by Crippen LogP contribution is -2.60. The van der Waals surface area contributed by atoms with E-state index in [0.29, 0.717) is 6.07 Å². The third-order valence-corrected chi connectivity index (χ3v) is 4.66. The van der Waals surface area contributed by atoms with Gasteiger partial charge >= 0.3 is 23.9 Å². The second-order valence-corrected chi connectivity index (χ2v) is 6.69. The summed E-state index contributed by atoms with van der Waals surface area (Å²) >= 11 is 5.94. The Morgan fingerprint density at radius 2 is 1.45 bits per heavy atom. The van der Waals surface area contributed by atoms with Crippen molar-refractivity contribution in [2.24, 2.45) is 0 Å². The van der Waals surface area contributed by atoms with Gasteiger partial charge in [-0.15, -0.1) is 0 Å². The van der Waals surface area contributed by atoms with Crippen LogP contribution in [0, 0.1) is 13.0 Å². The fourth-order valence-electron chi connectivity index (χ4n) is 2.99. The van der Waals surface area contributed by atoms with Gasteiger partial charge in [-0.2, -0.15) is 35.1 Å². The van der Waals surface area contributed by atoms with E-state index in [2.05, 4.69) is 6.07 Å². The summed E-state index contributed by atoms with van der Waals surface area (Å²) in [6.07, 6.45) is -13.5. The molecule has 0 aliphatic heterocycles. The van der Waals surface area contributed by atoms with Crippen LogP contribution in [0.5, 0.6) is 0 Å². The van der Waals surface area contributed by atoms with Gasteiger partial charge in [-0.25, -0.2) is 4.39 Å². The van der Waals surface area contributed by atoms with Gasteiger partial charge < -0.3 is 0 Å². The molecule has 0 aromatic heterocycles. The Morgan fingerprint density at radius 3 is 1.90 bits per heavy atom. The Kier molecular flexibility index (Phi) is 5.98. The molecule has 0 bridgehead atoms. The lowest BCUT2D eigenvalue weighted by Gasteiger charge is -2.38. The van der Waals surface area contributed by atoms with Crippen LogP contribution < -0.4 is 0 Å². The van der Waals surface area contributed by atoms with Crippen LogP contribution in [0.3, 0.4) is 0 Å². The first-order chi connectivity index (χ1) is 13.1. The van der Waals surface area contributed by atoms with Gasteiger partial charge in [-0.1, -0.05) is 42.8 Å².